The number of rotatable bonds is 7. The predicted molar refractivity (Wildman–Crippen MR) is 101 cm³/mol. The molecule has 0 bridgehead atoms. The van der Waals surface area contributed by atoms with E-state index in [0.717, 1.165) is 25.8 Å². The van der Waals surface area contributed by atoms with E-state index in [1.165, 1.54) is 17.0 Å². The van der Waals surface area contributed by atoms with Crippen LogP contribution in [-0.4, -0.2) is 61.6 Å². The van der Waals surface area contributed by atoms with Crippen molar-refractivity contribution in [2.24, 2.45) is 5.73 Å². The van der Waals surface area contributed by atoms with E-state index in [-0.39, 0.29) is 30.7 Å². The van der Waals surface area contributed by atoms with Crippen molar-refractivity contribution >= 4 is 23.2 Å². The van der Waals surface area contributed by atoms with Crippen LogP contribution in [0.4, 0.5) is 15.8 Å². The Morgan fingerprint density at radius 1 is 1.48 bits per heavy atom. The van der Waals surface area contributed by atoms with Gasteiger partial charge in [0.25, 0.3) is 5.91 Å². The van der Waals surface area contributed by atoms with Gasteiger partial charge in [-0.25, -0.2) is 4.39 Å². The van der Waals surface area contributed by atoms with Gasteiger partial charge in [0, 0.05) is 24.8 Å². The number of hydrogen-bond acceptors (Lipinski definition) is 5. The average Bonchev–Trinajstić information content (AvgIpc) is 2.62. The van der Waals surface area contributed by atoms with Gasteiger partial charge in [-0.2, -0.15) is 0 Å². The number of amides is 2. The van der Waals surface area contributed by atoms with Crippen molar-refractivity contribution in [2.45, 2.75) is 38.3 Å². The van der Waals surface area contributed by atoms with Crippen LogP contribution in [0.5, 0.6) is 0 Å². The fourth-order valence-corrected chi connectivity index (χ4v) is 3.62. The fourth-order valence-electron chi connectivity index (χ4n) is 3.62. The topological polar surface area (TPSA) is 87.9 Å². The van der Waals surface area contributed by atoms with E-state index in [0.29, 0.717) is 24.9 Å². The minimum atomic E-state index is -0.581. The second-order valence-corrected chi connectivity index (χ2v) is 6.92. The number of ether oxygens (including phenoxy) is 1. The van der Waals surface area contributed by atoms with Gasteiger partial charge in [0.05, 0.1) is 12.3 Å². The Bertz CT molecular complexity index is 696. The fraction of sp³-hybridized carbons (Fsp3) is 0.579. The molecule has 1 heterocycles. The Morgan fingerprint density at radius 3 is 2.81 bits per heavy atom. The molecule has 1 atom stereocenters. The standard InChI is InChI=1S/C19H27FN4O3/c1-2-23(13-4-3-5-13)17(11-21)19(26)22-16-7-6-14(10-15(16)20)24-8-9-27-12-18(24)25/h6-7,10,13,17H,2-5,8-9,11-12,21H2,1H3,(H,22,26)/t17-/m0/s1. The van der Waals surface area contributed by atoms with E-state index in [4.69, 9.17) is 10.5 Å². The Kier molecular flexibility index (Phi) is 6.41. The number of likely N-dealkylation sites (N-methyl/N-ethyl adjacent to an activating group) is 1. The third-order valence-corrected chi connectivity index (χ3v) is 5.34. The van der Waals surface area contributed by atoms with Crippen molar-refractivity contribution in [2.75, 3.05) is 43.1 Å². The van der Waals surface area contributed by atoms with Crippen molar-refractivity contribution in [1.29, 1.82) is 0 Å². The number of hydrogen-bond donors (Lipinski definition) is 2. The van der Waals surface area contributed by atoms with Gasteiger partial charge in [0.1, 0.15) is 18.5 Å². The average molecular weight is 378 g/mol. The van der Waals surface area contributed by atoms with E-state index in [1.807, 2.05) is 6.92 Å². The molecule has 3 rings (SSSR count). The number of morpholine rings is 1. The van der Waals surface area contributed by atoms with E-state index >= 15 is 0 Å². The minimum absolute atomic E-state index is 0.00763. The van der Waals surface area contributed by atoms with Crippen LogP contribution in [0.1, 0.15) is 26.2 Å². The van der Waals surface area contributed by atoms with Crippen LogP contribution in [0.25, 0.3) is 0 Å². The molecule has 2 fully saturated rings. The first-order valence-corrected chi connectivity index (χ1v) is 9.49. The number of halogens is 1. The number of nitrogens with zero attached hydrogens (tertiary/aromatic N) is 2. The summed E-state index contributed by atoms with van der Waals surface area (Å²) < 4.78 is 19.6. The number of carbonyl (C=O) groups excluding carboxylic acids is 2. The highest BCUT2D eigenvalue weighted by Gasteiger charge is 2.33. The summed E-state index contributed by atoms with van der Waals surface area (Å²) in [5, 5.41) is 2.66. The lowest BCUT2D eigenvalue weighted by Crippen LogP contribution is -2.54. The zero-order valence-electron chi connectivity index (χ0n) is 15.6. The summed E-state index contributed by atoms with van der Waals surface area (Å²) >= 11 is 0. The highest BCUT2D eigenvalue weighted by atomic mass is 19.1. The van der Waals surface area contributed by atoms with Gasteiger partial charge < -0.3 is 20.7 Å². The quantitative estimate of drug-likeness (QED) is 0.747. The largest absolute Gasteiger partial charge is 0.370 e. The molecule has 27 heavy (non-hydrogen) atoms. The van der Waals surface area contributed by atoms with E-state index in [9.17, 15) is 14.0 Å². The molecular weight excluding hydrogens is 351 g/mol. The first kappa shape index (κ1) is 19.7. The smallest absolute Gasteiger partial charge is 0.253 e. The number of nitrogens with one attached hydrogen (secondary N) is 1. The lowest BCUT2D eigenvalue weighted by Gasteiger charge is -2.40. The molecule has 2 aliphatic rings. The Morgan fingerprint density at radius 2 is 2.26 bits per heavy atom. The van der Waals surface area contributed by atoms with Crippen LogP contribution in [0, 0.1) is 5.82 Å². The summed E-state index contributed by atoms with van der Waals surface area (Å²) in [6.45, 7) is 3.69. The summed E-state index contributed by atoms with van der Waals surface area (Å²) in [5.74, 6) is -1.09. The van der Waals surface area contributed by atoms with Gasteiger partial charge in [-0.1, -0.05) is 13.3 Å². The van der Waals surface area contributed by atoms with E-state index in [1.54, 1.807) is 6.07 Å². The molecule has 0 aromatic heterocycles. The molecule has 0 radical (unpaired) electrons. The molecule has 1 aliphatic heterocycles. The highest BCUT2D eigenvalue weighted by Crippen LogP contribution is 2.27. The summed E-state index contributed by atoms with van der Waals surface area (Å²) in [7, 11) is 0. The van der Waals surface area contributed by atoms with Crippen molar-refractivity contribution in [3.63, 3.8) is 0 Å². The molecule has 2 amide bonds. The predicted octanol–water partition coefficient (Wildman–Crippen LogP) is 1.33. The maximum atomic E-state index is 14.5. The summed E-state index contributed by atoms with van der Waals surface area (Å²) in [6, 6.07) is 4.26. The van der Waals surface area contributed by atoms with Crippen LogP contribution in [0.15, 0.2) is 18.2 Å². The second-order valence-electron chi connectivity index (χ2n) is 6.92. The third kappa shape index (κ3) is 4.28. The zero-order valence-corrected chi connectivity index (χ0v) is 15.6. The minimum Gasteiger partial charge on any atom is -0.370 e. The van der Waals surface area contributed by atoms with Crippen molar-refractivity contribution in [3.05, 3.63) is 24.0 Å². The number of nitrogens with two attached hydrogens (primary N) is 1. The molecule has 8 heteroatoms. The molecule has 7 nitrogen and oxygen atoms in total. The Hall–Kier alpha value is -2.03. The molecule has 1 aromatic rings. The number of carbonyl (C=O) groups is 2. The van der Waals surface area contributed by atoms with Crippen LogP contribution in [0.3, 0.4) is 0 Å². The zero-order chi connectivity index (χ0) is 19.4. The summed E-state index contributed by atoms with van der Waals surface area (Å²) in [4.78, 5) is 28.2. The van der Waals surface area contributed by atoms with Crippen LogP contribution >= 0.6 is 0 Å². The molecule has 1 aromatic carbocycles. The van der Waals surface area contributed by atoms with Gasteiger partial charge in [0.15, 0.2) is 0 Å². The molecule has 148 valence electrons. The SMILES string of the molecule is CCN(C1CCC1)[C@@H](CN)C(=O)Nc1ccc(N2CCOCC2=O)cc1F. The lowest BCUT2D eigenvalue weighted by atomic mass is 9.90. The molecule has 1 saturated carbocycles. The van der Waals surface area contributed by atoms with E-state index in [2.05, 4.69) is 10.2 Å². The maximum absolute atomic E-state index is 14.5. The van der Waals surface area contributed by atoms with Crippen molar-refractivity contribution in [1.82, 2.24) is 4.90 Å². The number of benzene rings is 1. The van der Waals surface area contributed by atoms with Gasteiger partial charge >= 0.3 is 0 Å². The summed E-state index contributed by atoms with van der Waals surface area (Å²) in [6.07, 6.45) is 3.29. The Balaban J connectivity index is 1.70. The lowest BCUT2D eigenvalue weighted by molar-refractivity contribution is -0.125. The second kappa shape index (κ2) is 8.77. The number of anilines is 2. The van der Waals surface area contributed by atoms with Gasteiger partial charge in [-0.05, 0) is 37.6 Å². The normalized spacial score (nSPS) is 19.1. The molecule has 0 spiro atoms. The third-order valence-electron chi connectivity index (χ3n) is 5.34. The summed E-state index contributed by atoms with van der Waals surface area (Å²) in [5.41, 5.74) is 6.39. The van der Waals surface area contributed by atoms with E-state index < -0.39 is 11.9 Å². The monoisotopic (exact) mass is 378 g/mol. The van der Waals surface area contributed by atoms with Gasteiger partial charge in [-0.3, -0.25) is 14.5 Å². The molecule has 3 N–H and O–H groups in total. The van der Waals surface area contributed by atoms with Gasteiger partial charge in [-0.15, -0.1) is 0 Å². The van der Waals surface area contributed by atoms with Gasteiger partial charge in [0.2, 0.25) is 5.91 Å². The molecular formula is C19H27FN4O3. The molecule has 1 aliphatic carbocycles. The first-order chi connectivity index (χ1) is 13.0. The van der Waals surface area contributed by atoms with Crippen molar-refractivity contribution in [3.8, 4) is 0 Å². The first-order valence-electron chi connectivity index (χ1n) is 9.49. The highest BCUT2D eigenvalue weighted by molar-refractivity contribution is 5.97. The van der Waals surface area contributed by atoms with Crippen LogP contribution in [-0.2, 0) is 14.3 Å². The van der Waals surface area contributed by atoms with Crippen LogP contribution < -0.4 is 16.0 Å². The van der Waals surface area contributed by atoms with Crippen LogP contribution in [0.2, 0.25) is 0 Å². The van der Waals surface area contributed by atoms with Crippen molar-refractivity contribution < 1.29 is 18.7 Å². The molecule has 1 saturated heterocycles. The Labute approximate surface area is 158 Å². The molecule has 0 unspecified atom stereocenters. The maximum Gasteiger partial charge on any atom is 0.253 e.